The number of nitrogens with zero attached hydrogens (tertiary/aromatic N) is 1. The van der Waals surface area contributed by atoms with E-state index in [9.17, 15) is 13.2 Å². The van der Waals surface area contributed by atoms with Crippen molar-refractivity contribution in [3.05, 3.63) is 18.2 Å². The molecule has 1 N–H and O–H groups in total. The zero-order valence-corrected chi connectivity index (χ0v) is 14.1. The number of carbonyl (C=O) groups excluding carboxylic acids is 1. The van der Waals surface area contributed by atoms with Gasteiger partial charge in [-0.05, 0) is 37.5 Å². The van der Waals surface area contributed by atoms with Gasteiger partial charge < -0.3 is 9.64 Å². The van der Waals surface area contributed by atoms with Gasteiger partial charge >= 0.3 is 0 Å². The molecule has 1 heterocycles. The first-order chi connectivity index (χ1) is 11.0. The van der Waals surface area contributed by atoms with E-state index in [1.54, 1.807) is 17.0 Å². The normalized spacial score (nSPS) is 19.5. The maximum absolute atomic E-state index is 12.6. The molecule has 7 heteroatoms. The highest BCUT2D eigenvalue weighted by Gasteiger charge is 2.28. The SMILES string of the molecule is COc1ccc(S(=O)(=O)NC2CCCC2)cc1N1CCCC1=O. The summed E-state index contributed by atoms with van der Waals surface area (Å²) in [5.74, 6) is 0.515. The molecule has 1 amide bonds. The molecule has 0 bridgehead atoms. The van der Waals surface area contributed by atoms with Gasteiger partial charge in [0.1, 0.15) is 5.75 Å². The summed E-state index contributed by atoms with van der Waals surface area (Å²) in [6.07, 6.45) is 5.14. The van der Waals surface area contributed by atoms with Crippen molar-refractivity contribution in [2.75, 3.05) is 18.6 Å². The average molecular weight is 338 g/mol. The second kappa shape index (κ2) is 6.49. The van der Waals surface area contributed by atoms with Gasteiger partial charge in [0.05, 0.1) is 17.7 Å². The molecule has 6 nitrogen and oxygen atoms in total. The molecule has 3 rings (SSSR count). The Morgan fingerprint density at radius 2 is 1.96 bits per heavy atom. The average Bonchev–Trinajstić information content (AvgIpc) is 3.17. The first-order valence-corrected chi connectivity index (χ1v) is 9.50. The Hall–Kier alpha value is -1.60. The molecule has 2 aliphatic rings. The molecule has 1 aromatic carbocycles. The van der Waals surface area contributed by atoms with Crippen molar-refractivity contribution in [1.29, 1.82) is 0 Å². The third-order valence-corrected chi connectivity index (χ3v) is 6.02. The molecular formula is C16H22N2O4S. The third-order valence-electron chi connectivity index (χ3n) is 4.50. The van der Waals surface area contributed by atoms with E-state index in [0.717, 1.165) is 32.1 Å². The molecule has 1 saturated carbocycles. The van der Waals surface area contributed by atoms with Crippen molar-refractivity contribution in [3.8, 4) is 5.75 Å². The van der Waals surface area contributed by atoms with Crippen LogP contribution < -0.4 is 14.4 Å². The summed E-state index contributed by atoms with van der Waals surface area (Å²) in [5, 5.41) is 0. The zero-order chi connectivity index (χ0) is 16.4. The highest BCUT2D eigenvalue weighted by Crippen LogP contribution is 2.34. The molecule has 1 saturated heterocycles. The second-order valence-corrected chi connectivity index (χ2v) is 7.80. The van der Waals surface area contributed by atoms with Crippen molar-refractivity contribution < 1.29 is 17.9 Å². The number of hydrogen-bond donors (Lipinski definition) is 1. The molecule has 1 aliphatic carbocycles. The van der Waals surface area contributed by atoms with E-state index in [1.165, 1.54) is 13.2 Å². The lowest BCUT2D eigenvalue weighted by atomic mass is 10.2. The first kappa shape index (κ1) is 16.3. The smallest absolute Gasteiger partial charge is 0.240 e. The van der Waals surface area contributed by atoms with Crippen LogP contribution in [0.15, 0.2) is 23.1 Å². The Morgan fingerprint density at radius 1 is 1.22 bits per heavy atom. The fourth-order valence-electron chi connectivity index (χ4n) is 3.28. The molecule has 0 radical (unpaired) electrons. The molecule has 0 atom stereocenters. The second-order valence-electron chi connectivity index (χ2n) is 6.09. The Balaban J connectivity index is 1.92. The Bertz CT molecular complexity index is 696. The number of methoxy groups -OCH3 is 1. The van der Waals surface area contributed by atoms with Crippen LogP contribution in [0.5, 0.6) is 5.75 Å². The van der Waals surface area contributed by atoms with Crippen LogP contribution in [0.1, 0.15) is 38.5 Å². The van der Waals surface area contributed by atoms with E-state index in [2.05, 4.69) is 4.72 Å². The molecule has 0 spiro atoms. The van der Waals surface area contributed by atoms with Crippen LogP contribution in [0, 0.1) is 0 Å². The topological polar surface area (TPSA) is 75.7 Å². The summed E-state index contributed by atoms with van der Waals surface area (Å²) in [4.78, 5) is 13.8. The van der Waals surface area contributed by atoms with Crippen LogP contribution in [0.2, 0.25) is 0 Å². The Morgan fingerprint density at radius 3 is 2.57 bits per heavy atom. The lowest BCUT2D eigenvalue weighted by Crippen LogP contribution is -2.33. The molecule has 2 fully saturated rings. The van der Waals surface area contributed by atoms with Gasteiger partial charge in [-0.3, -0.25) is 4.79 Å². The van der Waals surface area contributed by atoms with Crippen molar-refractivity contribution in [3.63, 3.8) is 0 Å². The van der Waals surface area contributed by atoms with Crippen molar-refractivity contribution in [1.82, 2.24) is 4.72 Å². The van der Waals surface area contributed by atoms with E-state index in [1.807, 2.05) is 0 Å². The standard InChI is InChI=1S/C16H22N2O4S/c1-22-15-9-8-13(11-14(15)18-10-4-7-16(18)19)23(20,21)17-12-5-2-3-6-12/h8-9,11-12,17H,2-7,10H2,1H3. The molecule has 0 unspecified atom stereocenters. The Kier molecular flexibility index (Phi) is 4.59. The maximum Gasteiger partial charge on any atom is 0.240 e. The minimum absolute atomic E-state index is 0.00148. The first-order valence-electron chi connectivity index (χ1n) is 8.02. The van der Waals surface area contributed by atoms with Gasteiger partial charge in [0, 0.05) is 19.0 Å². The fourth-order valence-corrected chi connectivity index (χ4v) is 4.61. The van der Waals surface area contributed by atoms with Gasteiger partial charge in [-0.15, -0.1) is 0 Å². The number of hydrogen-bond acceptors (Lipinski definition) is 4. The number of rotatable bonds is 5. The van der Waals surface area contributed by atoms with Crippen molar-refractivity contribution >= 4 is 21.6 Å². The highest BCUT2D eigenvalue weighted by molar-refractivity contribution is 7.89. The van der Waals surface area contributed by atoms with Crippen LogP contribution in [-0.4, -0.2) is 34.0 Å². The number of carbonyl (C=O) groups is 1. The van der Waals surface area contributed by atoms with Crippen LogP contribution in [-0.2, 0) is 14.8 Å². The van der Waals surface area contributed by atoms with E-state index >= 15 is 0 Å². The summed E-state index contributed by atoms with van der Waals surface area (Å²) in [6, 6.07) is 4.70. The van der Waals surface area contributed by atoms with Gasteiger partial charge in [0.25, 0.3) is 0 Å². The summed E-state index contributed by atoms with van der Waals surface area (Å²) in [6.45, 7) is 0.592. The maximum atomic E-state index is 12.6. The predicted molar refractivity (Wildman–Crippen MR) is 87.2 cm³/mol. The number of nitrogens with one attached hydrogen (secondary N) is 1. The zero-order valence-electron chi connectivity index (χ0n) is 13.2. The van der Waals surface area contributed by atoms with Crippen LogP contribution in [0.25, 0.3) is 0 Å². The van der Waals surface area contributed by atoms with E-state index in [4.69, 9.17) is 4.74 Å². The minimum atomic E-state index is -3.58. The highest BCUT2D eigenvalue weighted by atomic mass is 32.2. The van der Waals surface area contributed by atoms with Gasteiger partial charge in [-0.2, -0.15) is 0 Å². The van der Waals surface area contributed by atoms with E-state index < -0.39 is 10.0 Å². The largest absolute Gasteiger partial charge is 0.495 e. The summed E-state index contributed by atoms with van der Waals surface area (Å²) in [7, 11) is -2.06. The summed E-state index contributed by atoms with van der Waals surface area (Å²) in [5.41, 5.74) is 0.532. The lowest BCUT2D eigenvalue weighted by Gasteiger charge is -2.20. The number of ether oxygens (including phenoxy) is 1. The van der Waals surface area contributed by atoms with Gasteiger partial charge in [0.15, 0.2) is 0 Å². The minimum Gasteiger partial charge on any atom is -0.495 e. The lowest BCUT2D eigenvalue weighted by molar-refractivity contribution is -0.117. The van der Waals surface area contributed by atoms with Gasteiger partial charge in [0.2, 0.25) is 15.9 Å². The van der Waals surface area contributed by atoms with Crippen LogP contribution in [0.4, 0.5) is 5.69 Å². The molecule has 1 aromatic rings. The van der Waals surface area contributed by atoms with Crippen molar-refractivity contribution in [2.45, 2.75) is 49.5 Å². The summed E-state index contributed by atoms with van der Waals surface area (Å²) >= 11 is 0. The molecular weight excluding hydrogens is 316 g/mol. The van der Waals surface area contributed by atoms with Gasteiger partial charge in [-0.1, -0.05) is 12.8 Å². The Labute approximate surface area is 136 Å². The molecule has 1 aliphatic heterocycles. The monoisotopic (exact) mass is 338 g/mol. The molecule has 126 valence electrons. The van der Waals surface area contributed by atoms with Gasteiger partial charge in [-0.25, -0.2) is 13.1 Å². The summed E-state index contributed by atoms with van der Waals surface area (Å²) < 4.78 is 33.2. The van der Waals surface area contributed by atoms with Crippen LogP contribution in [0.3, 0.4) is 0 Å². The third kappa shape index (κ3) is 3.35. The molecule has 0 aromatic heterocycles. The number of amides is 1. The number of benzene rings is 1. The fraction of sp³-hybridized carbons (Fsp3) is 0.562. The predicted octanol–water partition coefficient (Wildman–Crippen LogP) is 2.04. The van der Waals surface area contributed by atoms with E-state index in [-0.39, 0.29) is 16.8 Å². The molecule has 23 heavy (non-hydrogen) atoms. The number of anilines is 1. The number of sulfonamides is 1. The van der Waals surface area contributed by atoms with Crippen molar-refractivity contribution in [2.24, 2.45) is 0 Å². The quantitative estimate of drug-likeness (QED) is 0.891. The van der Waals surface area contributed by atoms with Crippen LogP contribution >= 0.6 is 0 Å². The van der Waals surface area contributed by atoms with E-state index in [0.29, 0.717) is 24.4 Å².